The number of pyridine rings is 1. The van der Waals surface area contributed by atoms with Crippen LogP contribution in [0.15, 0.2) is 71.8 Å². The number of morpholine rings is 1. The molecule has 34 heavy (non-hydrogen) atoms. The summed E-state index contributed by atoms with van der Waals surface area (Å²) in [5, 5.41) is 7.85. The van der Waals surface area contributed by atoms with Gasteiger partial charge < -0.3 is 9.64 Å². The van der Waals surface area contributed by atoms with Crippen molar-refractivity contribution in [3.8, 4) is 28.3 Å². The largest absolute Gasteiger partial charge is 0.378 e. The number of aromatic amines is 1. The number of nitrogens with one attached hydrogen (secondary N) is 1. The van der Waals surface area contributed by atoms with Crippen LogP contribution in [0, 0.1) is 5.82 Å². The molecular weight excluding hydrogens is 437 g/mol. The number of nitrogens with zero attached hydrogens (tertiary/aromatic N) is 6. The Morgan fingerprint density at radius 3 is 2.59 bits per heavy atom. The molecule has 1 aromatic carbocycles. The summed E-state index contributed by atoms with van der Waals surface area (Å²) in [5.74, 6) is 0.850. The van der Waals surface area contributed by atoms with Crippen molar-refractivity contribution in [3.63, 3.8) is 0 Å². The predicted molar refractivity (Wildman–Crippen MR) is 125 cm³/mol. The molecule has 5 heterocycles. The van der Waals surface area contributed by atoms with Crippen LogP contribution in [0.2, 0.25) is 0 Å². The number of rotatable bonds is 4. The van der Waals surface area contributed by atoms with Crippen LogP contribution in [0.5, 0.6) is 0 Å². The van der Waals surface area contributed by atoms with Gasteiger partial charge in [0.05, 0.1) is 24.6 Å². The molecule has 1 N–H and O–H groups in total. The lowest BCUT2D eigenvalue weighted by molar-refractivity contribution is 0.122. The molecule has 9 nitrogen and oxygen atoms in total. The van der Waals surface area contributed by atoms with E-state index >= 15 is 0 Å². The number of fused-ring (bicyclic) bond motifs is 1. The number of aromatic nitrogens is 6. The molecule has 10 heteroatoms. The van der Waals surface area contributed by atoms with Crippen LogP contribution in [-0.4, -0.2) is 55.7 Å². The molecule has 0 bridgehead atoms. The van der Waals surface area contributed by atoms with Gasteiger partial charge in [-0.1, -0.05) is 12.1 Å². The van der Waals surface area contributed by atoms with Crippen LogP contribution >= 0.6 is 0 Å². The fraction of sp³-hybridized carbons (Fsp3) is 0.167. The quantitative estimate of drug-likeness (QED) is 0.446. The maximum Gasteiger partial charge on any atom is 0.273 e. The minimum Gasteiger partial charge on any atom is -0.378 e. The number of ether oxygens (including phenoxy) is 1. The highest BCUT2D eigenvalue weighted by Crippen LogP contribution is 2.25. The highest BCUT2D eigenvalue weighted by Gasteiger charge is 2.20. The maximum atomic E-state index is 13.7. The molecule has 0 amide bonds. The Bertz CT molecular complexity index is 1530. The zero-order valence-corrected chi connectivity index (χ0v) is 18.1. The van der Waals surface area contributed by atoms with Crippen LogP contribution in [-0.2, 0) is 4.74 Å². The van der Waals surface area contributed by atoms with Crippen LogP contribution in [0.3, 0.4) is 0 Å². The van der Waals surface area contributed by atoms with Gasteiger partial charge in [0.25, 0.3) is 5.56 Å². The molecule has 6 rings (SSSR count). The SMILES string of the molecule is O=c1cc(-c2cccc(F)c2)[nH]n1-c1cc(N2CCOCC2)n2nc(-c3ccncc3)cc2n1. The summed E-state index contributed by atoms with van der Waals surface area (Å²) in [6.45, 7) is 2.59. The summed E-state index contributed by atoms with van der Waals surface area (Å²) < 4.78 is 22.4. The fourth-order valence-corrected chi connectivity index (χ4v) is 4.11. The van der Waals surface area contributed by atoms with Gasteiger partial charge in [-0.3, -0.25) is 14.9 Å². The highest BCUT2D eigenvalue weighted by atomic mass is 19.1. The number of hydrogen-bond acceptors (Lipinski definition) is 6. The van der Waals surface area contributed by atoms with Gasteiger partial charge in [0.2, 0.25) is 0 Å². The fourth-order valence-electron chi connectivity index (χ4n) is 4.11. The zero-order valence-electron chi connectivity index (χ0n) is 18.1. The molecule has 1 saturated heterocycles. The minimum absolute atomic E-state index is 0.294. The first-order valence-corrected chi connectivity index (χ1v) is 10.9. The number of anilines is 1. The monoisotopic (exact) mass is 457 g/mol. The Hall–Kier alpha value is -4.31. The Kier molecular flexibility index (Phi) is 4.92. The van der Waals surface area contributed by atoms with E-state index in [1.165, 1.54) is 22.9 Å². The predicted octanol–water partition coefficient (Wildman–Crippen LogP) is 2.91. The molecule has 1 aliphatic rings. The molecule has 4 aromatic heterocycles. The van der Waals surface area contributed by atoms with Crippen LogP contribution in [0.4, 0.5) is 10.2 Å². The van der Waals surface area contributed by atoms with Gasteiger partial charge in [-0.15, -0.1) is 0 Å². The van der Waals surface area contributed by atoms with Crippen molar-refractivity contribution < 1.29 is 9.13 Å². The van der Waals surface area contributed by atoms with Gasteiger partial charge >= 0.3 is 0 Å². The molecule has 0 atom stereocenters. The first-order chi connectivity index (χ1) is 16.7. The Labute approximate surface area is 193 Å². The van der Waals surface area contributed by atoms with Crippen molar-refractivity contribution in [1.82, 2.24) is 29.4 Å². The third-order valence-corrected chi connectivity index (χ3v) is 5.79. The van der Waals surface area contributed by atoms with E-state index in [1.807, 2.05) is 24.3 Å². The van der Waals surface area contributed by atoms with E-state index in [-0.39, 0.29) is 11.4 Å². The van der Waals surface area contributed by atoms with E-state index in [0.29, 0.717) is 49.0 Å². The topological polar surface area (TPSA) is 93.3 Å². The molecule has 170 valence electrons. The van der Waals surface area contributed by atoms with E-state index in [4.69, 9.17) is 14.8 Å². The van der Waals surface area contributed by atoms with Gasteiger partial charge in [0.15, 0.2) is 11.5 Å². The third kappa shape index (κ3) is 3.63. The van der Waals surface area contributed by atoms with Crippen molar-refractivity contribution >= 4 is 11.5 Å². The Balaban J connectivity index is 1.51. The molecule has 1 fully saturated rings. The smallest absolute Gasteiger partial charge is 0.273 e. The van der Waals surface area contributed by atoms with Crippen LogP contribution < -0.4 is 10.5 Å². The summed E-state index contributed by atoms with van der Waals surface area (Å²) in [6, 6.07) is 15.0. The number of halogens is 1. The van der Waals surface area contributed by atoms with E-state index in [9.17, 15) is 9.18 Å². The summed E-state index contributed by atoms with van der Waals surface area (Å²) in [7, 11) is 0. The summed E-state index contributed by atoms with van der Waals surface area (Å²) in [5.41, 5.74) is 3.05. The van der Waals surface area contributed by atoms with E-state index in [0.717, 1.165) is 17.1 Å². The first kappa shape index (κ1) is 20.3. The molecule has 0 unspecified atom stereocenters. The van der Waals surface area contributed by atoms with Gasteiger partial charge in [-0.05, 0) is 24.3 Å². The number of hydrogen-bond donors (Lipinski definition) is 1. The van der Waals surface area contributed by atoms with Crippen molar-refractivity contribution in [1.29, 1.82) is 0 Å². The average molecular weight is 457 g/mol. The third-order valence-electron chi connectivity index (χ3n) is 5.79. The molecule has 0 spiro atoms. The maximum absolute atomic E-state index is 13.7. The zero-order chi connectivity index (χ0) is 23.1. The van der Waals surface area contributed by atoms with E-state index in [2.05, 4.69) is 15.0 Å². The summed E-state index contributed by atoms with van der Waals surface area (Å²) in [4.78, 5) is 23.8. The number of benzene rings is 1. The van der Waals surface area contributed by atoms with Crippen LogP contribution in [0.25, 0.3) is 34.0 Å². The lowest BCUT2D eigenvalue weighted by atomic mass is 10.1. The standard InChI is InChI=1S/C24H20FN7O2/c25-18-3-1-2-17(12-18)20-14-24(33)32(29-20)22-15-23(30-8-10-34-11-9-30)31-21(27-22)13-19(28-31)16-4-6-26-7-5-16/h1-7,12-15,29H,8-11H2. The second-order valence-corrected chi connectivity index (χ2v) is 7.96. The lowest BCUT2D eigenvalue weighted by Gasteiger charge is -2.29. The summed E-state index contributed by atoms with van der Waals surface area (Å²) in [6.07, 6.45) is 3.43. The molecule has 0 radical (unpaired) electrons. The highest BCUT2D eigenvalue weighted by molar-refractivity contribution is 5.67. The Morgan fingerprint density at radius 2 is 1.79 bits per heavy atom. The van der Waals surface area contributed by atoms with Crippen molar-refractivity contribution in [2.24, 2.45) is 0 Å². The molecule has 5 aromatic rings. The minimum atomic E-state index is -0.372. The van der Waals surface area contributed by atoms with Crippen molar-refractivity contribution in [3.05, 3.63) is 83.2 Å². The lowest BCUT2D eigenvalue weighted by Crippen LogP contribution is -2.37. The molecular formula is C24H20FN7O2. The van der Waals surface area contributed by atoms with E-state index in [1.54, 1.807) is 29.0 Å². The first-order valence-electron chi connectivity index (χ1n) is 10.9. The van der Waals surface area contributed by atoms with Crippen LogP contribution in [0.1, 0.15) is 0 Å². The van der Waals surface area contributed by atoms with Gasteiger partial charge in [0, 0.05) is 54.8 Å². The summed E-state index contributed by atoms with van der Waals surface area (Å²) >= 11 is 0. The number of H-pyrrole nitrogens is 1. The molecule has 1 aliphatic heterocycles. The van der Waals surface area contributed by atoms with Crippen molar-refractivity contribution in [2.75, 3.05) is 31.2 Å². The second-order valence-electron chi connectivity index (χ2n) is 7.96. The Morgan fingerprint density at radius 1 is 0.971 bits per heavy atom. The van der Waals surface area contributed by atoms with Crippen molar-refractivity contribution in [2.45, 2.75) is 0 Å². The van der Waals surface area contributed by atoms with Gasteiger partial charge in [0.1, 0.15) is 11.6 Å². The molecule has 0 saturated carbocycles. The second kappa shape index (κ2) is 8.23. The average Bonchev–Trinajstić information content (AvgIpc) is 3.48. The molecule has 0 aliphatic carbocycles. The van der Waals surface area contributed by atoms with Gasteiger partial charge in [-0.2, -0.15) is 9.61 Å². The van der Waals surface area contributed by atoms with E-state index < -0.39 is 0 Å². The van der Waals surface area contributed by atoms with Gasteiger partial charge in [-0.25, -0.2) is 14.1 Å². The normalized spacial score (nSPS) is 14.1.